The molecular weight excluding hydrogens is 320 g/mol. The zero-order chi connectivity index (χ0) is 17.1. The Labute approximate surface area is 146 Å². The molecule has 7 heteroatoms. The third kappa shape index (κ3) is 3.99. The summed E-state index contributed by atoms with van der Waals surface area (Å²) in [5.74, 6) is 2.92. The van der Waals surface area contributed by atoms with Crippen molar-refractivity contribution in [3.8, 4) is 0 Å². The van der Waals surface area contributed by atoms with E-state index in [2.05, 4.69) is 15.3 Å². The molecule has 1 N–H and O–H groups in total. The molecule has 0 bridgehead atoms. The number of amides is 1. The number of hydrogen-bond donors (Lipinski definition) is 1. The first-order chi connectivity index (χ1) is 12.3. The zero-order valence-electron chi connectivity index (χ0n) is 14.1. The van der Waals surface area contributed by atoms with Crippen LogP contribution >= 0.6 is 0 Å². The molecule has 1 saturated heterocycles. The third-order valence-electron chi connectivity index (χ3n) is 4.61. The molecule has 25 heavy (non-hydrogen) atoms. The number of carbonyl (C=O) groups excluding carboxylic acids is 1. The molecule has 1 aliphatic heterocycles. The lowest BCUT2D eigenvalue weighted by Gasteiger charge is -2.34. The van der Waals surface area contributed by atoms with E-state index in [0.29, 0.717) is 50.3 Å². The van der Waals surface area contributed by atoms with E-state index in [1.54, 1.807) is 12.5 Å². The molecule has 1 atom stereocenters. The van der Waals surface area contributed by atoms with Gasteiger partial charge in [0.05, 0.1) is 26.0 Å². The van der Waals surface area contributed by atoms with Gasteiger partial charge in [-0.2, -0.15) is 0 Å². The minimum absolute atomic E-state index is 0.188. The first-order valence-corrected chi connectivity index (χ1v) is 8.76. The fraction of sp³-hybridized carbons (Fsp3) is 0.500. The molecule has 0 aromatic carbocycles. The highest BCUT2D eigenvalue weighted by Gasteiger charge is 2.34. The summed E-state index contributed by atoms with van der Waals surface area (Å²) in [6.45, 7) is 2.17. The maximum absolute atomic E-state index is 12.6. The van der Waals surface area contributed by atoms with Crippen molar-refractivity contribution in [1.29, 1.82) is 0 Å². The second-order valence-electron chi connectivity index (χ2n) is 6.56. The largest absolute Gasteiger partial charge is 0.467 e. The second-order valence-corrected chi connectivity index (χ2v) is 6.56. The molecule has 2 fully saturated rings. The number of nitrogens with zero attached hydrogens (tertiary/aromatic N) is 3. The lowest BCUT2D eigenvalue weighted by atomic mass is 10.1. The van der Waals surface area contributed by atoms with Crippen LogP contribution in [0.3, 0.4) is 0 Å². The summed E-state index contributed by atoms with van der Waals surface area (Å²) in [6, 6.07) is 5.35. The van der Waals surface area contributed by atoms with Crippen LogP contribution in [0.1, 0.15) is 36.9 Å². The average molecular weight is 342 g/mol. The quantitative estimate of drug-likeness (QED) is 0.868. The Bertz CT molecular complexity index is 715. The SMILES string of the molecule is O=C(CC1CC1)N1CCOCC1c1nccc(NCc2ccco2)n1. The van der Waals surface area contributed by atoms with Crippen LogP contribution in [-0.2, 0) is 16.1 Å². The van der Waals surface area contributed by atoms with Gasteiger partial charge in [-0.05, 0) is 37.0 Å². The van der Waals surface area contributed by atoms with Crippen molar-refractivity contribution in [2.45, 2.75) is 31.8 Å². The molecule has 1 unspecified atom stereocenters. The van der Waals surface area contributed by atoms with Gasteiger partial charge in [0.15, 0.2) is 5.82 Å². The second kappa shape index (κ2) is 7.23. The summed E-state index contributed by atoms with van der Waals surface area (Å²) in [5.41, 5.74) is 0. The normalized spacial score (nSPS) is 20.5. The van der Waals surface area contributed by atoms with Crippen molar-refractivity contribution in [2.75, 3.05) is 25.1 Å². The van der Waals surface area contributed by atoms with E-state index in [1.807, 2.05) is 23.1 Å². The van der Waals surface area contributed by atoms with E-state index in [1.165, 1.54) is 12.8 Å². The van der Waals surface area contributed by atoms with Crippen molar-refractivity contribution < 1.29 is 13.9 Å². The van der Waals surface area contributed by atoms with Crippen molar-refractivity contribution >= 4 is 11.7 Å². The number of ether oxygens (including phenoxy) is 1. The summed E-state index contributed by atoms with van der Waals surface area (Å²) in [4.78, 5) is 23.4. The number of anilines is 1. The Morgan fingerprint density at radius 3 is 3.08 bits per heavy atom. The van der Waals surface area contributed by atoms with Crippen LogP contribution in [0.15, 0.2) is 35.1 Å². The van der Waals surface area contributed by atoms with Crippen LogP contribution < -0.4 is 5.32 Å². The van der Waals surface area contributed by atoms with E-state index < -0.39 is 0 Å². The fourth-order valence-corrected chi connectivity index (χ4v) is 3.03. The summed E-state index contributed by atoms with van der Waals surface area (Å²) in [7, 11) is 0. The molecule has 1 amide bonds. The predicted octanol–water partition coefficient (Wildman–Crippen LogP) is 2.38. The molecular formula is C18H22N4O3. The van der Waals surface area contributed by atoms with Crippen LogP contribution in [0.5, 0.6) is 0 Å². The molecule has 2 aromatic heterocycles. The van der Waals surface area contributed by atoms with Crippen LogP contribution in [0.4, 0.5) is 5.82 Å². The molecule has 1 saturated carbocycles. The predicted molar refractivity (Wildman–Crippen MR) is 90.7 cm³/mol. The monoisotopic (exact) mass is 342 g/mol. The summed E-state index contributed by atoms with van der Waals surface area (Å²) in [6.07, 6.45) is 6.33. The fourth-order valence-electron chi connectivity index (χ4n) is 3.03. The molecule has 0 spiro atoms. The summed E-state index contributed by atoms with van der Waals surface area (Å²) in [5, 5.41) is 3.22. The van der Waals surface area contributed by atoms with E-state index in [4.69, 9.17) is 9.15 Å². The van der Waals surface area contributed by atoms with Crippen LogP contribution in [0, 0.1) is 5.92 Å². The third-order valence-corrected chi connectivity index (χ3v) is 4.61. The molecule has 132 valence electrons. The van der Waals surface area contributed by atoms with Gasteiger partial charge < -0.3 is 19.4 Å². The summed E-state index contributed by atoms with van der Waals surface area (Å²) < 4.78 is 10.9. The van der Waals surface area contributed by atoms with Gasteiger partial charge >= 0.3 is 0 Å². The minimum atomic E-state index is -0.217. The number of carbonyl (C=O) groups is 1. The molecule has 0 radical (unpaired) electrons. The minimum Gasteiger partial charge on any atom is -0.467 e. The van der Waals surface area contributed by atoms with E-state index in [0.717, 1.165) is 5.76 Å². The highest BCUT2D eigenvalue weighted by atomic mass is 16.5. The first kappa shape index (κ1) is 16.1. The number of hydrogen-bond acceptors (Lipinski definition) is 6. The molecule has 1 aliphatic carbocycles. The van der Waals surface area contributed by atoms with Gasteiger partial charge in [-0.3, -0.25) is 4.79 Å². The Morgan fingerprint density at radius 2 is 2.28 bits per heavy atom. The van der Waals surface area contributed by atoms with Crippen molar-refractivity contribution in [1.82, 2.24) is 14.9 Å². The van der Waals surface area contributed by atoms with Gasteiger partial charge in [-0.15, -0.1) is 0 Å². The lowest BCUT2D eigenvalue weighted by molar-refractivity contribution is -0.140. The maximum Gasteiger partial charge on any atom is 0.223 e. The highest BCUT2D eigenvalue weighted by Crippen LogP contribution is 2.34. The van der Waals surface area contributed by atoms with Crippen molar-refractivity contribution in [2.24, 2.45) is 5.92 Å². The summed E-state index contributed by atoms with van der Waals surface area (Å²) >= 11 is 0. The molecule has 2 aromatic rings. The van der Waals surface area contributed by atoms with Gasteiger partial charge in [-0.1, -0.05) is 0 Å². The highest BCUT2D eigenvalue weighted by molar-refractivity contribution is 5.77. The Balaban J connectivity index is 1.46. The molecule has 4 rings (SSSR count). The van der Waals surface area contributed by atoms with Gasteiger partial charge in [0.25, 0.3) is 0 Å². The Kier molecular flexibility index (Phi) is 4.65. The molecule has 3 heterocycles. The van der Waals surface area contributed by atoms with Gasteiger partial charge in [0, 0.05) is 19.2 Å². The molecule has 2 aliphatic rings. The van der Waals surface area contributed by atoms with Crippen molar-refractivity contribution in [3.63, 3.8) is 0 Å². The molecule has 7 nitrogen and oxygen atoms in total. The van der Waals surface area contributed by atoms with E-state index >= 15 is 0 Å². The Hall–Kier alpha value is -2.41. The van der Waals surface area contributed by atoms with Crippen LogP contribution in [0.25, 0.3) is 0 Å². The topological polar surface area (TPSA) is 80.5 Å². The van der Waals surface area contributed by atoms with Gasteiger partial charge in [0.1, 0.15) is 17.6 Å². The first-order valence-electron chi connectivity index (χ1n) is 8.76. The Morgan fingerprint density at radius 1 is 1.36 bits per heavy atom. The van der Waals surface area contributed by atoms with Gasteiger partial charge in [0.2, 0.25) is 5.91 Å². The number of aromatic nitrogens is 2. The number of morpholine rings is 1. The van der Waals surface area contributed by atoms with E-state index in [-0.39, 0.29) is 11.9 Å². The number of furan rings is 1. The average Bonchev–Trinajstić information content (AvgIpc) is 3.31. The van der Waals surface area contributed by atoms with Crippen LogP contribution in [0.2, 0.25) is 0 Å². The zero-order valence-corrected chi connectivity index (χ0v) is 14.1. The lowest BCUT2D eigenvalue weighted by Crippen LogP contribution is -2.44. The standard InChI is InChI=1S/C18H22N4O3/c23-17(10-13-3-4-13)22-7-9-24-12-15(22)18-19-6-5-16(21-18)20-11-14-2-1-8-25-14/h1-2,5-6,8,13,15H,3-4,7,9-12H2,(H,19,20,21). The van der Waals surface area contributed by atoms with Crippen molar-refractivity contribution in [3.05, 3.63) is 42.2 Å². The number of rotatable bonds is 6. The smallest absolute Gasteiger partial charge is 0.223 e. The number of nitrogens with one attached hydrogen (secondary N) is 1. The maximum atomic E-state index is 12.6. The van der Waals surface area contributed by atoms with E-state index in [9.17, 15) is 4.79 Å². The van der Waals surface area contributed by atoms with Gasteiger partial charge in [-0.25, -0.2) is 9.97 Å². The van der Waals surface area contributed by atoms with Crippen LogP contribution in [-0.4, -0.2) is 40.5 Å².